The molecule has 0 saturated heterocycles. The van der Waals surface area contributed by atoms with Gasteiger partial charge in [0.2, 0.25) is 0 Å². The number of aliphatic hydroxyl groups excluding tert-OH is 1. The summed E-state index contributed by atoms with van der Waals surface area (Å²) in [5.41, 5.74) is 0.184. The van der Waals surface area contributed by atoms with Crippen molar-refractivity contribution in [2.45, 2.75) is 6.61 Å². The zero-order valence-electron chi connectivity index (χ0n) is 10.2. The molecule has 0 bridgehead atoms. The van der Waals surface area contributed by atoms with E-state index in [0.717, 1.165) is 12.1 Å². The number of aliphatic hydroxyl groups is 1. The van der Waals surface area contributed by atoms with Gasteiger partial charge < -0.3 is 10.0 Å². The summed E-state index contributed by atoms with van der Waals surface area (Å²) in [6.45, 7) is -0.447. The molecule has 0 aromatic heterocycles. The summed E-state index contributed by atoms with van der Waals surface area (Å²) in [5.74, 6) is -2.11. The maximum Gasteiger partial charge on any atom is 0.150 e. The summed E-state index contributed by atoms with van der Waals surface area (Å²) in [5, 5.41) is 8.87. The fourth-order valence-corrected chi connectivity index (χ4v) is 1.84. The zero-order valence-corrected chi connectivity index (χ0v) is 10.2. The number of hydrogen-bond donors (Lipinski definition) is 1. The summed E-state index contributed by atoms with van der Waals surface area (Å²) >= 11 is 0. The van der Waals surface area contributed by atoms with Crippen LogP contribution in [0, 0.1) is 17.5 Å². The van der Waals surface area contributed by atoms with Crippen molar-refractivity contribution in [3.63, 3.8) is 0 Å². The number of halogens is 3. The van der Waals surface area contributed by atoms with Gasteiger partial charge in [0.1, 0.15) is 23.1 Å². The lowest BCUT2D eigenvalue weighted by Gasteiger charge is -2.21. The van der Waals surface area contributed by atoms with Gasteiger partial charge in [-0.05, 0) is 35.9 Å². The Balaban J connectivity index is 2.47. The molecule has 2 nitrogen and oxygen atoms in total. The normalized spacial score (nSPS) is 10.6. The second-order valence-corrected chi connectivity index (χ2v) is 4.11. The highest BCUT2D eigenvalue weighted by Gasteiger charge is 2.16. The summed E-state index contributed by atoms with van der Waals surface area (Å²) in [7, 11) is 1.44. The third-order valence-corrected chi connectivity index (χ3v) is 2.79. The summed E-state index contributed by atoms with van der Waals surface area (Å²) in [4.78, 5) is 1.22. The molecule has 0 radical (unpaired) electrons. The molecule has 19 heavy (non-hydrogen) atoms. The number of nitrogens with zero attached hydrogens (tertiary/aromatic N) is 1. The molecule has 100 valence electrons. The highest BCUT2D eigenvalue weighted by atomic mass is 19.1. The van der Waals surface area contributed by atoms with Crippen LogP contribution in [0.2, 0.25) is 0 Å². The first kappa shape index (κ1) is 13.4. The van der Waals surface area contributed by atoms with Gasteiger partial charge in [-0.3, -0.25) is 0 Å². The number of hydrogen-bond acceptors (Lipinski definition) is 2. The molecule has 0 amide bonds. The van der Waals surface area contributed by atoms with Crippen LogP contribution in [0.4, 0.5) is 24.5 Å². The van der Waals surface area contributed by atoms with Gasteiger partial charge in [-0.25, -0.2) is 13.2 Å². The zero-order chi connectivity index (χ0) is 14.0. The van der Waals surface area contributed by atoms with Crippen LogP contribution in [-0.4, -0.2) is 12.2 Å². The molecule has 0 aliphatic heterocycles. The highest BCUT2D eigenvalue weighted by molar-refractivity contribution is 5.64. The van der Waals surface area contributed by atoms with Gasteiger partial charge >= 0.3 is 0 Å². The maximum atomic E-state index is 13.8. The molecule has 0 aliphatic rings. The molecule has 0 spiro atoms. The SMILES string of the molecule is CN(c1cccc(F)c1)c1c(F)cc(CO)cc1F. The number of anilines is 2. The van der Waals surface area contributed by atoms with E-state index < -0.39 is 24.1 Å². The van der Waals surface area contributed by atoms with E-state index in [4.69, 9.17) is 5.11 Å². The third-order valence-electron chi connectivity index (χ3n) is 2.79. The third kappa shape index (κ3) is 2.71. The smallest absolute Gasteiger partial charge is 0.150 e. The van der Waals surface area contributed by atoms with E-state index in [1.54, 1.807) is 6.07 Å². The predicted octanol–water partition coefficient (Wildman–Crippen LogP) is 3.36. The molecular formula is C14H12F3NO. The van der Waals surface area contributed by atoms with Crippen molar-refractivity contribution in [2.75, 3.05) is 11.9 Å². The van der Waals surface area contributed by atoms with Gasteiger partial charge in [0.25, 0.3) is 0 Å². The Hall–Kier alpha value is -2.01. The van der Waals surface area contributed by atoms with Crippen molar-refractivity contribution in [2.24, 2.45) is 0 Å². The van der Waals surface area contributed by atoms with Gasteiger partial charge in [0.05, 0.1) is 6.61 Å². The fraction of sp³-hybridized carbons (Fsp3) is 0.143. The van der Waals surface area contributed by atoms with Crippen LogP contribution < -0.4 is 4.90 Å². The van der Waals surface area contributed by atoms with Crippen LogP contribution in [0.5, 0.6) is 0 Å². The fourth-order valence-electron chi connectivity index (χ4n) is 1.84. The van der Waals surface area contributed by atoms with Crippen molar-refractivity contribution >= 4 is 11.4 Å². The first-order valence-corrected chi connectivity index (χ1v) is 5.61. The van der Waals surface area contributed by atoms with Gasteiger partial charge in [0, 0.05) is 12.7 Å². The Kier molecular flexibility index (Phi) is 3.76. The van der Waals surface area contributed by atoms with E-state index in [9.17, 15) is 13.2 Å². The molecule has 0 aliphatic carbocycles. The average Bonchev–Trinajstić information content (AvgIpc) is 2.37. The Labute approximate surface area is 108 Å². The van der Waals surface area contributed by atoms with Gasteiger partial charge in [0.15, 0.2) is 0 Å². The van der Waals surface area contributed by atoms with E-state index in [2.05, 4.69) is 0 Å². The molecule has 0 heterocycles. The van der Waals surface area contributed by atoms with Crippen LogP contribution in [0.3, 0.4) is 0 Å². The van der Waals surface area contributed by atoms with Gasteiger partial charge in [-0.15, -0.1) is 0 Å². The van der Waals surface area contributed by atoms with E-state index in [1.807, 2.05) is 0 Å². The van der Waals surface area contributed by atoms with Crippen molar-refractivity contribution in [1.82, 2.24) is 0 Å². The molecule has 0 unspecified atom stereocenters. The topological polar surface area (TPSA) is 23.5 Å². The maximum absolute atomic E-state index is 13.8. The minimum absolute atomic E-state index is 0.145. The lowest BCUT2D eigenvalue weighted by molar-refractivity contribution is 0.280. The summed E-state index contributed by atoms with van der Waals surface area (Å²) < 4.78 is 40.8. The molecule has 5 heteroatoms. The van der Waals surface area contributed by atoms with Crippen molar-refractivity contribution in [3.05, 3.63) is 59.4 Å². The van der Waals surface area contributed by atoms with E-state index >= 15 is 0 Å². The van der Waals surface area contributed by atoms with Crippen molar-refractivity contribution < 1.29 is 18.3 Å². The highest BCUT2D eigenvalue weighted by Crippen LogP contribution is 2.30. The Morgan fingerprint density at radius 2 is 1.68 bits per heavy atom. The molecule has 0 atom stereocenters. The van der Waals surface area contributed by atoms with Gasteiger partial charge in [-0.2, -0.15) is 0 Å². The minimum Gasteiger partial charge on any atom is -0.392 e. The first-order chi connectivity index (χ1) is 9.02. The van der Waals surface area contributed by atoms with Crippen LogP contribution in [0.25, 0.3) is 0 Å². The second-order valence-electron chi connectivity index (χ2n) is 4.11. The van der Waals surface area contributed by atoms with Crippen LogP contribution in [0.1, 0.15) is 5.56 Å². The largest absolute Gasteiger partial charge is 0.392 e. The Morgan fingerprint density at radius 1 is 1.05 bits per heavy atom. The van der Waals surface area contributed by atoms with E-state index in [0.29, 0.717) is 5.69 Å². The van der Waals surface area contributed by atoms with Crippen molar-refractivity contribution in [1.29, 1.82) is 0 Å². The molecule has 1 N–H and O–H groups in total. The lowest BCUT2D eigenvalue weighted by Crippen LogP contribution is -2.14. The van der Waals surface area contributed by atoms with Crippen LogP contribution >= 0.6 is 0 Å². The Morgan fingerprint density at radius 3 is 2.21 bits per heavy atom. The number of rotatable bonds is 3. The average molecular weight is 267 g/mol. The standard InChI is InChI=1S/C14H12F3NO/c1-18(11-4-2-3-10(15)7-11)14-12(16)5-9(8-19)6-13(14)17/h2-7,19H,8H2,1H3. The molecular weight excluding hydrogens is 255 g/mol. The van der Waals surface area contributed by atoms with Gasteiger partial charge in [-0.1, -0.05) is 6.07 Å². The first-order valence-electron chi connectivity index (χ1n) is 5.61. The molecule has 2 rings (SSSR count). The van der Waals surface area contributed by atoms with E-state index in [-0.39, 0.29) is 11.3 Å². The molecule has 0 fully saturated rings. The van der Waals surface area contributed by atoms with Crippen molar-refractivity contribution in [3.8, 4) is 0 Å². The lowest BCUT2D eigenvalue weighted by atomic mass is 10.1. The molecule has 2 aromatic carbocycles. The van der Waals surface area contributed by atoms with E-state index in [1.165, 1.54) is 30.1 Å². The van der Waals surface area contributed by atoms with Crippen LogP contribution in [-0.2, 0) is 6.61 Å². The second kappa shape index (κ2) is 5.32. The summed E-state index contributed by atoms with van der Waals surface area (Å²) in [6, 6.07) is 7.53. The summed E-state index contributed by atoms with van der Waals surface area (Å²) in [6.07, 6.45) is 0. The molecule has 0 saturated carbocycles. The number of benzene rings is 2. The molecule has 2 aromatic rings. The predicted molar refractivity (Wildman–Crippen MR) is 66.7 cm³/mol. The quantitative estimate of drug-likeness (QED) is 0.921. The monoisotopic (exact) mass is 267 g/mol. The van der Waals surface area contributed by atoms with Crippen LogP contribution in [0.15, 0.2) is 36.4 Å². The Bertz CT molecular complexity index is 578. The minimum atomic E-state index is -0.809.